The summed E-state index contributed by atoms with van der Waals surface area (Å²) >= 11 is 0. The minimum Gasteiger partial charge on any atom is -0.394 e. The summed E-state index contributed by atoms with van der Waals surface area (Å²) in [7, 11) is 0. The second-order valence-corrected chi connectivity index (χ2v) is 13.1. The van der Waals surface area contributed by atoms with Crippen LogP contribution in [-0.2, 0) is 19.1 Å². The molecular formula is C38H50N4O5. The Labute approximate surface area is 279 Å². The van der Waals surface area contributed by atoms with Crippen LogP contribution < -0.4 is 9.80 Å². The Morgan fingerprint density at radius 1 is 0.979 bits per heavy atom. The fourth-order valence-electron chi connectivity index (χ4n) is 8.33. The molecule has 6 atom stereocenters. The standard InChI is InChI=1S/C38H50N4O5/c1-7-23-40(24-8-2)34(44)31-32-35(45)42(30(26-43)27-15-13-12-14-16-27)33(38(32)22-21-37(31,6)47-38)36(46)41(25-9-3)29-19-17-28(18-20-29)39(10-4)11-5/h7,9,12-20,30-33,43H,1,3,8,10-11,21-26H2,2,4-6H3/t30-,31-,32+,33?,37+,38?/m1/s1. The van der Waals surface area contributed by atoms with Crippen molar-refractivity contribution < 1.29 is 24.2 Å². The van der Waals surface area contributed by atoms with Gasteiger partial charge in [0.05, 0.1) is 30.1 Å². The van der Waals surface area contributed by atoms with Gasteiger partial charge < -0.3 is 29.4 Å². The lowest BCUT2D eigenvalue weighted by Crippen LogP contribution is -2.57. The smallest absolute Gasteiger partial charge is 0.253 e. The van der Waals surface area contributed by atoms with E-state index in [2.05, 4.69) is 31.9 Å². The van der Waals surface area contributed by atoms with E-state index < -0.39 is 41.7 Å². The number of fused-ring (bicyclic) bond motifs is 1. The number of rotatable bonds is 15. The first kappa shape index (κ1) is 34.4. The van der Waals surface area contributed by atoms with Gasteiger partial charge in [-0.15, -0.1) is 13.2 Å². The number of carbonyl (C=O) groups is 3. The minimum absolute atomic E-state index is 0.155. The van der Waals surface area contributed by atoms with E-state index >= 15 is 4.79 Å². The predicted octanol–water partition coefficient (Wildman–Crippen LogP) is 4.97. The maximum Gasteiger partial charge on any atom is 0.253 e. The zero-order valence-electron chi connectivity index (χ0n) is 28.3. The number of aliphatic hydroxyl groups is 1. The molecule has 2 aromatic rings. The first-order chi connectivity index (χ1) is 22.7. The summed E-state index contributed by atoms with van der Waals surface area (Å²) in [4.78, 5) is 51.5. The Bertz CT molecular complexity index is 1460. The second kappa shape index (κ2) is 14.0. The van der Waals surface area contributed by atoms with Gasteiger partial charge in [0, 0.05) is 44.1 Å². The van der Waals surface area contributed by atoms with E-state index in [0.717, 1.165) is 25.2 Å². The van der Waals surface area contributed by atoms with Gasteiger partial charge in [0.2, 0.25) is 11.8 Å². The highest BCUT2D eigenvalue weighted by Crippen LogP contribution is 2.64. The van der Waals surface area contributed by atoms with Crippen molar-refractivity contribution in [3.05, 3.63) is 85.5 Å². The Balaban J connectivity index is 1.64. The monoisotopic (exact) mass is 642 g/mol. The van der Waals surface area contributed by atoms with Crippen LogP contribution in [0.2, 0.25) is 0 Å². The third kappa shape index (κ3) is 5.78. The van der Waals surface area contributed by atoms with Gasteiger partial charge in [-0.1, -0.05) is 49.4 Å². The minimum atomic E-state index is -1.24. The average Bonchev–Trinajstić information content (AvgIpc) is 3.65. The molecule has 3 fully saturated rings. The van der Waals surface area contributed by atoms with E-state index in [-0.39, 0.29) is 24.3 Å². The zero-order valence-corrected chi connectivity index (χ0v) is 28.3. The van der Waals surface area contributed by atoms with Gasteiger partial charge in [-0.3, -0.25) is 14.4 Å². The number of aliphatic hydroxyl groups excluding tert-OH is 1. The molecule has 0 aliphatic carbocycles. The number of ether oxygens (including phenoxy) is 1. The number of hydrogen-bond acceptors (Lipinski definition) is 6. The summed E-state index contributed by atoms with van der Waals surface area (Å²) in [5.74, 6) is -2.46. The van der Waals surface area contributed by atoms with E-state index in [1.54, 1.807) is 22.0 Å². The Kier molecular flexibility index (Phi) is 10.3. The number of benzene rings is 2. The molecule has 3 amide bonds. The first-order valence-corrected chi connectivity index (χ1v) is 17.0. The fraction of sp³-hybridized carbons (Fsp3) is 0.500. The van der Waals surface area contributed by atoms with Gasteiger partial charge in [0.1, 0.15) is 11.6 Å². The molecule has 0 radical (unpaired) electrons. The topological polar surface area (TPSA) is 93.6 Å². The van der Waals surface area contributed by atoms with Crippen molar-refractivity contribution in [2.75, 3.05) is 49.1 Å². The molecule has 9 nitrogen and oxygen atoms in total. The SMILES string of the molecule is C=CCN(CCC)C(=O)[C@H]1[C@H]2C(=O)N([C@H](CO)c3ccccc3)C(C(=O)N(CC=C)c3ccc(N(CC)CC)cc3)C23CC[C@]1(C)O3. The lowest BCUT2D eigenvalue weighted by molar-refractivity contribution is -0.152. The van der Waals surface area contributed by atoms with E-state index in [4.69, 9.17) is 4.74 Å². The molecule has 1 spiro atoms. The fourth-order valence-corrected chi connectivity index (χ4v) is 8.33. The van der Waals surface area contributed by atoms with Crippen molar-refractivity contribution in [1.82, 2.24) is 9.80 Å². The lowest BCUT2D eigenvalue weighted by atomic mass is 9.66. The van der Waals surface area contributed by atoms with Crippen LogP contribution >= 0.6 is 0 Å². The van der Waals surface area contributed by atoms with Crippen LogP contribution in [0.4, 0.5) is 11.4 Å². The van der Waals surface area contributed by atoms with Crippen LogP contribution in [0.25, 0.3) is 0 Å². The van der Waals surface area contributed by atoms with Crippen molar-refractivity contribution in [3.8, 4) is 0 Å². The molecule has 3 saturated heterocycles. The number of anilines is 2. The van der Waals surface area contributed by atoms with Crippen LogP contribution in [0.15, 0.2) is 79.9 Å². The van der Waals surface area contributed by atoms with Crippen molar-refractivity contribution in [2.24, 2.45) is 11.8 Å². The number of nitrogens with zero attached hydrogens (tertiary/aromatic N) is 4. The molecule has 2 unspecified atom stereocenters. The Hall–Kier alpha value is -3.95. The van der Waals surface area contributed by atoms with Crippen molar-refractivity contribution in [1.29, 1.82) is 0 Å². The number of likely N-dealkylation sites (tertiary alicyclic amines) is 1. The molecule has 47 heavy (non-hydrogen) atoms. The lowest BCUT2D eigenvalue weighted by Gasteiger charge is -2.39. The van der Waals surface area contributed by atoms with E-state index in [0.29, 0.717) is 37.2 Å². The van der Waals surface area contributed by atoms with Crippen LogP contribution in [0.3, 0.4) is 0 Å². The average molecular weight is 643 g/mol. The van der Waals surface area contributed by atoms with Crippen LogP contribution in [0.5, 0.6) is 0 Å². The number of hydrogen-bond donors (Lipinski definition) is 1. The molecule has 0 aromatic heterocycles. The normalized spacial score (nSPS) is 26.5. The molecule has 252 valence electrons. The van der Waals surface area contributed by atoms with Crippen molar-refractivity contribution >= 4 is 29.1 Å². The highest BCUT2D eigenvalue weighted by molar-refractivity contribution is 6.05. The molecule has 3 heterocycles. The summed E-state index contributed by atoms with van der Waals surface area (Å²) in [5.41, 5.74) is 0.279. The summed E-state index contributed by atoms with van der Waals surface area (Å²) in [6.07, 6.45) is 5.11. The molecule has 2 aromatic carbocycles. The highest BCUT2D eigenvalue weighted by Gasteiger charge is 2.79. The largest absolute Gasteiger partial charge is 0.394 e. The Morgan fingerprint density at radius 3 is 2.19 bits per heavy atom. The summed E-state index contributed by atoms with van der Waals surface area (Å²) in [5, 5.41) is 10.9. The Morgan fingerprint density at radius 2 is 1.62 bits per heavy atom. The summed E-state index contributed by atoms with van der Waals surface area (Å²) in [6, 6.07) is 15.2. The van der Waals surface area contributed by atoms with Crippen molar-refractivity contribution in [2.45, 2.75) is 70.2 Å². The third-order valence-corrected chi connectivity index (χ3v) is 10.4. The number of amides is 3. The van der Waals surface area contributed by atoms with Gasteiger partial charge >= 0.3 is 0 Å². The quantitative estimate of drug-likeness (QED) is 0.276. The molecule has 9 heteroatoms. The van der Waals surface area contributed by atoms with Crippen LogP contribution in [-0.4, -0.2) is 89.2 Å². The maximum atomic E-state index is 15.1. The van der Waals surface area contributed by atoms with Gasteiger partial charge in [-0.2, -0.15) is 0 Å². The van der Waals surface area contributed by atoms with E-state index in [9.17, 15) is 14.7 Å². The molecule has 0 saturated carbocycles. The molecule has 3 aliphatic heterocycles. The molecule has 1 N–H and O–H groups in total. The predicted molar refractivity (Wildman–Crippen MR) is 185 cm³/mol. The van der Waals surface area contributed by atoms with Gasteiger partial charge in [-0.25, -0.2) is 0 Å². The van der Waals surface area contributed by atoms with E-state index in [1.165, 1.54) is 4.90 Å². The summed E-state index contributed by atoms with van der Waals surface area (Å²) in [6.45, 7) is 18.3. The first-order valence-electron chi connectivity index (χ1n) is 17.0. The second-order valence-electron chi connectivity index (χ2n) is 13.1. The van der Waals surface area contributed by atoms with Gasteiger partial charge in [0.25, 0.3) is 5.91 Å². The molecular weight excluding hydrogens is 592 g/mol. The van der Waals surface area contributed by atoms with Gasteiger partial charge in [0.15, 0.2) is 0 Å². The maximum absolute atomic E-state index is 15.1. The third-order valence-electron chi connectivity index (χ3n) is 10.4. The summed E-state index contributed by atoms with van der Waals surface area (Å²) < 4.78 is 6.92. The molecule has 2 bridgehead atoms. The van der Waals surface area contributed by atoms with Crippen molar-refractivity contribution in [3.63, 3.8) is 0 Å². The molecule has 5 rings (SSSR count). The molecule has 3 aliphatic rings. The van der Waals surface area contributed by atoms with Gasteiger partial charge in [-0.05, 0) is 69.9 Å². The number of carbonyl (C=O) groups excluding carboxylic acids is 3. The van der Waals surface area contributed by atoms with Crippen LogP contribution in [0.1, 0.15) is 58.6 Å². The highest BCUT2D eigenvalue weighted by atomic mass is 16.5. The van der Waals surface area contributed by atoms with Crippen LogP contribution in [0, 0.1) is 11.8 Å². The van der Waals surface area contributed by atoms with E-state index in [1.807, 2.05) is 68.4 Å². The zero-order chi connectivity index (χ0) is 33.9.